The topological polar surface area (TPSA) is 118 Å². The smallest absolute Gasteiger partial charge is 0.264 e. The largest absolute Gasteiger partial charge is 0.487 e. The number of sulfonamides is 1. The number of ether oxygens (including phenoxy) is 3. The number of carbonyl (C=O) groups is 2. The van der Waals surface area contributed by atoms with E-state index in [0.717, 1.165) is 63.0 Å². The van der Waals surface area contributed by atoms with Gasteiger partial charge in [-0.25, -0.2) is 13.1 Å². The lowest BCUT2D eigenvalue weighted by molar-refractivity contribution is -0.164. The molecule has 1 N–H and O–H groups in total. The van der Waals surface area contributed by atoms with Gasteiger partial charge in [-0.15, -0.1) is 0 Å². The van der Waals surface area contributed by atoms with E-state index in [1.54, 1.807) is 32.2 Å². The van der Waals surface area contributed by atoms with Gasteiger partial charge in [-0.05, 0) is 112 Å². The summed E-state index contributed by atoms with van der Waals surface area (Å²) < 4.78 is 48.6. The summed E-state index contributed by atoms with van der Waals surface area (Å²) in [6, 6.07) is 11.2. The molecule has 5 aliphatic rings. The highest BCUT2D eigenvalue weighted by atomic mass is 35.5. The van der Waals surface area contributed by atoms with E-state index >= 15 is 0 Å². The highest BCUT2D eigenvalue weighted by Crippen LogP contribution is 2.47. The van der Waals surface area contributed by atoms with Crippen LogP contribution in [0.25, 0.3) is 0 Å². The number of hydrogen-bond donors (Lipinski definition) is 1. The van der Waals surface area contributed by atoms with Gasteiger partial charge >= 0.3 is 0 Å². The maximum atomic E-state index is 13.6. The molecule has 7 rings (SSSR count). The lowest BCUT2D eigenvalue weighted by Gasteiger charge is -2.53. The summed E-state index contributed by atoms with van der Waals surface area (Å²) in [5.74, 6) is 0.258. The van der Waals surface area contributed by atoms with Crippen LogP contribution in [-0.2, 0) is 37.3 Å². The number of nitrogens with zero attached hydrogens (tertiary/aromatic N) is 3. The van der Waals surface area contributed by atoms with E-state index in [9.17, 15) is 18.0 Å². The molecule has 294 valence electrons. The van der Waals surface area contributed by atoms with Crippen LogP contribution < -0.4 is 14.4 Å². The molecule has 13 heteroatoms. The highest BCUT2D eigenvalue weighted by molar-refractivity contribution is 7.90. The first-order valence-corrected chi connectivity index (χ1v) is 21.5. The van der Waals surface area contributed by atoms with Crippen LogP contribution in [0, 0.1) is 17.8 Å². The van der Waals surface area contributed by atoms with Gasteiger partial charge in [-0.3, -0.25) is 14.5 Å². The second-order valence-electron chi connectivity index (χ2n) is 16.1. The molecule has 2 aromatic rings. The van der Waals surface area contributed by atoms with Crippen molar-refractivity contribution in [1.82, 2.24) is 14.5 Å². The second kappa shape index (κ2) is 16.1. The van der Waals surface area contributed by atoms with Crippen molar-refractivity contribution in [3.63, 3.8) is 0 Å². The van der Waals surface area contributed by atoms with Gasteiger partial charge in [-0.2, -0.15) is 0 Å². The third kappa shape index (κ3) is 8.05. The SMILES string of the molecule is CO[C@@]1(CN2CCN3C(=O)[C@H](C)OC[C@@H]3C2)/C=C/C[C@H](C)[C@@H](C)S(=O)(=O)NC(=O)c2ccc3c(c2)N(CCCCc2cc(Cl)ccc2CO3)C[C@@H]2CC[C@H]21. The number of rotatable bonds is 3. The Bertz CT molecular complexity index is 1860. The van der Waals surface area contributed by atoms with Gasteiger partial charge in [0.05, 0.1) is 23.6 Å². The lowest BCUT2D eigenvalue weighted by Crippen LogP contribution is -2.65. The number of piperazine rings is 1. The summed E-state index contributed by atoms with van der Waals surface area (Å²) in [6.45, 7) is 10.5. The normalized spacial score (nSPS) is 32.8. The average molecular weight is 783 g/mol. The van der Waals surface area contributed by atoms with Crippen molar-refractivity contribution in [2.24, 2.45) is 17.8 Å². The number of anilines is 1. The van der Waals surface area contributed by atoms with Gasteiger partial charge in [-0.1, -0.05) is 36.7 Å². The molecule has 4 aliphatic heterocycles. The Kier molecular flexibility index (Phi) is 11.7. The first-order valence-electron chi connectivity index (χ1n) is 19.6. The van der Waals surface area contributed by atoms with Crippen LogP contribution >= 0.6 is 11.6 Å². The van der Waals surface area contributed by atoms with E-state index in [2.05, 4.69) is 26.7 Å². The molecule has 2 saturated heterocycles. The first-order chi connectivity index (χ1) is 25.9. The molecule has 2 amide bonds. The predicted octanol–water partition coefficient (Wildman–Crippen LogP) is 5.45. The monoisotopic (exact) mass is 782 g/mol. The molecule has 3 fully saturated rings. The molecule has 4 heterocycles. The third-order valence-electron chi connectivity index (χ3n) is 12.8. The van der Waals surface area contributed by atoms with Crippen molar-refractivity contribution in [2.75, 3.05) is 57.9 Å². The summed E-state index contributed by atoms with van der Waals surface area (Å²) in [7, 11) is -2.20. The van der Waals surface area contributed by atoms with E-state index in [-0.39, 0.29) is 35.3 Å². The zero-order chi connectivity index (χ0) is 38.2. The zero-order valence-corrected chi connectivity index (χ0v) is 33.5. The number of morpholine rings is 1. The van der Waals surface area contributed by atoms with Gasteiger partial charge in [0.1, 0.15) is 24.1 Å². The van der Waals surface area contributed by atoms with Crippen molar-refractivity contribution < 1.29 is 32.2 Å². The van der Waals surface area contributed by atoms with Crippen LogP contribution in [0.15, 0.2) is 48.6 Å². The first kappa shape index (κ1) is 39.1. The molecule has 1 saturated carbocycles. The molecule has 0 aromatic heterocycles. The Morgan fingerprint density at radius 2 is 1.83 bits per heavy atom. The minimum atomic E-state index is -3.99. The number of carbonyl (C=O) groups excluding carboxylic acids is 2. The average Bonchev–Trinajstić information content (AvgIpc) is 3.17. The van der Waals surface area contributed by atoms with Crippen LogP contribution in [0.5, 0.6) is 5.75 Å². The molecule has 1 aliphatic carbocycles. The Hall–Kier alpha value is -3.16. The molecule has 2 bridgehead atoms. The maximum absolute atomic E-state index is 13.6. The number of hydrogen-bond acceptors (Lipinski definition) is 9. The molecular formula is C41H55ClN4O7S. The van der Waals surface area contributed by atoms with Crippen molar-refractivity contribution >= 4 is 39.1 Å². The quantitative estimate of drug-likeness (QED) is 0.406. The van der Waals surface area contributed by atoms with E-state index in [0.29, 0.717) is 50.0 Å². The minimum Gasteiger partial charge on any atom is -0.487 e. The Morgan fingerprint density at radius 3 is 2.61 bits per heavy atom. The molecule has 2 aromatic carbocycles. The van der Waals surface area contributed by atoms with Crippen molar-refractivity contribution in [3.8, 4) is 5.75 Å². The lowest BCUT2D eigenvalue weighted by atomic mass is 9.63. The summed E-state index contributed by atoms with van der Waals surface area (Å²) in [5.41, 5.74) is 2.65. The standard InChI is InChI=1S/C41H55ClN4O7S/c1-27-8-7-16-41(51-4,26-44-18-19-46-35(23-44)25-52-28(2)40(46)48)36-14-11-32(36)22-45-17-6-5-9-30-20-34(42)13-10-33(30)24-53-38-15-12-31(21-37(38)45)39(47)43-54(49,50)29(27)3/h7,10,12-13,15-16,20-21,27-29,32,35-36H,5-6,8-9,11,14,17-19,22-26H2,1-4H3,(H,43,47)/b16-7+/t27-,28-,29+,32-,35-,36+,41+/m0/s1. The number of amides is 2. The predicted molar refractivity (Wildman–Crippen MR) is 209 cm³/mol. The fraction of sp³-hybridized carbons (Fsp3) is 0.610. The molecular weight excluding hydrogens is 728 g/mol. The van der Waals surface area contributed by atoms with E-state index in [4.69, 9.17) is 25.8 Å². The summed E-state index contributed by atoms with van der Waals surface area (Å²) in [5, 5.41) is -0.117. The summed E-state index contributed by atoms with van der Waals surface area (Å²) in [6.07, 6.45) is 9.11. The number of halogens is 1. The van der Waals surface area contributed by atoms with Crippen LogP contribution in [-0.4, -0.2) is 106 Å². The Morgan fingerprint density at radius 1 is 1.00 bits per heavy atom. The second-order valence-corrected chi connectivity index (χ2v) is 18.6. The highest BCUT2D eigenvalue weighted by Gasteiger charge is 2.49. The van der Waals surface area contributed by atoms with Crippen molar-refractivity contribution in [1.29, 1.82) is 0 Å². The summed E-state index contributed by atoms with van der Waals surface area (Å²) >= 11 is 6.40. The molecule has 7 atom stereocenters. The Labute approximate surface area is 325 Å². The Balaban J connectivity index is 1.24. The number of aryl methyl sites for hydroxylation is 1. The number of nitrogens with one attached hydrogen (secondary N) is 1. The number of benzene rings is 2. The van der Waals surface area contributed by atoms with Crippen LogP contribution in [0.2, 0.25) is 5.02 Å². The van der Waals surface area contributed by atoms with Crippen LogP contribution in [0.4, 0.5) is 5.69 Å². The molecule has 54 heavy (non-hydrogen) atoms. The minimum absolute atomic E-state index is 0.00370. The molecule has 0 spiro atoms. The summed E-state index contributed by atoms with van der Waals surface area (Å²) in [4.78, 5) is 33.3. The van der Waals surface area contributed by atoms with Gasteiger partial charge in [0, 0.05) is 57.0 Å². The number of fused-ring (bicyclic) bond motifs is 4. The van der Waals surface area contributed by atoms with Crippen molar-refractivity contribution in [3.05, 3.63) is 70.3 Å². The third-order valence-corrected chi connectivity index (χ3v) is 14.9. The molecule has 0 radical (unpaired) electrons. The number of allylic oxidation sites excluding steroid dienone is 1. The number of methoxy groups -OCH3 is 1. The fourth-order valence-corrected chi connectivity index (χ4v) is 10.5. The van der Waals surface area contributed by atoms with Gasteiger partial charge in [0.15, 0.2) is 0 Å². The molecule has 11 nitrogen and oxygen atoms in total. The van der Waals surface area contributed by atoms with Gasteiger partial charge in [0.25, 0.3) is 11.8 Å². The van der Waals surface area contributed by atoms with E-state index in [1.165, 1.54) is 5.56 Å². The van der Waals surface area contributed by atoms with Gasteiger partial charge < -0.3 is 24.0 Å². The van der Waals surface area contributed by atoms with E-state index < -0.39 is 32.9 Å². The molecule has 0 unspecified atom stereocenters. The van der Waals surface area contributed by atoms with Crippen LogP contribution in [0.3, 0.4) is 0 Å². The van der Waals surface area contributed by atoms with E-state index in [1.807, 2.05) is 36.9 Å². The van der Waals surface area contributed by atoms with Crippen molar-refractivity contribution in [2.45, 2.75) is 88.9 Å². The fourth-order valence-electron chi connectivity index (χ4n) is 9.04. The van der Waals surface area contributed by atoms with Crippen LogP contribution in [0.1, 0.15) is 74.4 Å². The maximum Gasteiger partial charge on any atom is 0.264 e. The van der Waals surface area contributed by atoms with Gasteiger partial charge in [0.2, 0.25) is 10.0 Å². The zero-order valence-electron chi connectivity index (χ0n) is 32.0.